The highest BCUT2D eigenvalue weighted by atomic mass is 16.7. The third kappa shape index (κ3) is 6.23. The van der Waals surface area contributed by atoms with Crippen LogP contribution in [0.3, 0.4) is 0 Å². The minimum atomic E-state index is -1.21. The van der Waals surface area contributed by atoms with Crippen LogP contribution in [0, 0.1) is 11.1 Å². The zero-order chi connectivity index (χ0) is 28.1. The monoisotopic (exact) mass is 552 g/mol. The van der Waals surface area contributed by atoms with Gasteiger partial charge in [0, 0.05) is 25.1 Å². The first kappa shape index (κ1) is 27.5. The van der Waals surface area contributed by atoms with E-state index in [2.05, 4.69) is 21.3 Å². The Kier molecular flexibility index (Phi) is 8.26. The van der Waals surface area contributed by atoms with Gasteiger partial charge in [-0.15, -0.1) is 0 Å². The molecule has 4 amide bonds. The van der Waals surface area contributed by atoms with Gasteiger partial charge in [0.05, 0.1) is 13.0 Å². The average molecular weight is 553 g/mol. The fourth-order valence-electron chi connectivity index (χ4n) is 5.15. The molecule has 2 aromatic rings. The molecule has 0 aliphatic carbocycles. The molecule has 0 spiro atoms. The predicted octanol–water partition coefficient (Wildman–Crippen LogP) is 1.14. The number of nitrogens with zero attached hydrogens (tertiary/aromatic N) is 2. The summed E-state index contributed by atoms with van der Waals surface area (Å²) in [5.41, 5.74) is 1.43. The van der Waals surface area contributed by atoms with Crippen molar-refractivity contribution in [3.8, 4) is 0 Å². The number of quaternary nitrogens is 1. The van der Waals surface area contributed by atoms with Gasteiger partial charge in [-0.05, 0) is 17.7 Å². The largest absolute Gasteiger partial charge is 0.604 e. The molecule has 5 unspecified atom stereocenters. The number of amides is 4. The summed E-state index contributed by atoms with van der Waals surface area (Å²) in [6.07, 6.45) is -1.84. The van der Waals surface area contributed by atoms with Gasteiger partial charge in [-0.3, -0.25) is 25.0 Å². The Balaban J connectivity index is 1.25. The topological polar surface area (TPSA) is 161 Å². The lowest BCUT2D eigenvalue weighted by Crippen LogP contribution is -2.72. The lowest BCUT2D eigenvalue weighted by molar-refractivity contribution is -1.01. The molecular formula is C27H32N6O7. The summed E-state index contributed by atoms with van der Waals surface area (Å²) in [5, 5.41) is 26.6. The molecule has 3 aliphatic rings. The second-order valence-electron chi connectivity index (χ2n) is 10.0. The SMILES string of the molecule is O=C(Nc1ccccc1)NC1CCC(=O)N2CNCC(C(=O)NC3CC(=O)OC3OCc3ccccc3)C[N+]12[O-]. The number of urea groups is 1. The first-order chi connectivity index (χ1) is 19.3. The van der Waals surface area contributed by atoms with Crippen molar-refractivity contribution in [1.29, 1.82) is 0 Å². The Morgan fingerprint density at radius 1 is 1.07 bits per heavy atom. The van der Waals surface area contributed by atoms with Gasteiger partial charge in [0.25, 0.3) is 5.91 Å². The Morgan fingerprint density at radius 3 is 2.55 bits per heavy atom. The fourth-order valence-corrected chi connectivity index (χ4v) is 5.15. The molecule has 5 rings (SSSR count). The maximum atomic E-state index is 14.3. The van der Waals surface area contributed by atoms with Crippen molar-refractivity contribution in [3.63, 3.8) is 0 Å². The van der Waals surface area contributed by atoms with Crippen molar-refractivity contribution in [2.24, 2.45) is 5.92 Å². The zero-order valence-electron chi connectivity index (χ0n) is 21.8. The summed E-state index contributed by atoms with van der Waals surface area (Å²) in [6, 6.07) is 16.8. The van der Waals surface area contributed by atoms with Crippen molar-refractivity contribution >= 4 is 29.5 Å². The van der Waals surface area contributed by atoms with Crippen LogP contribution in [0.25, 0.3) is 0 Å². The number of carbonyl (C=O) groups excluding carboxylic acids is 4. The number of cyclic esters (lactones) is 1. The number of esters is 1. The molecule has 3 fully saturated rings. The third-order valence-corrected chi connectivity index (χ3v) is 7.20. The second-order valence-corrected chi connectivity index (χ2v) is 10.0. The molecule has 212 valence electrons. The molecule has 0 bridgehead atoms. The Hall–Kier alpha value is -4.04. The van der Waals surface area contributed by atoms with Gasteiger partial charge >= 0.3 is 12.0 Å². The lowest BCUT2D eigenvalue weighted by Gasteiger charge is -2.55. The minimum absolute atomic E-state index is 0.0710. The number of rotatable bonds is 7. The number of nitrogens with one attached hydrogen (secondary N) is 4. The molecule has 4 N–H and O–H groups in total. The van der Waals surface area contributed by atoms with E-state index < -0.39 is 47.1 Å². The summed E-state index contributed by atoms with van der Waals surface area (Å²) in [6.45, 7) is -0.0552. The molecule has 5 atom stereocenters. The molecule has 0 saturated carbocycles. The van der Waals surface area contributed by atoms with E-state index in [-0.39, 0.29) is 51.5 Å². The smallest absolute Gasteiger partial charge is 0.323 e. The second kappa shape index (κ2) is 12.0. The molecule has 0 radical (unpaired) electrons. The first-order valence-corrected chi connectivity index (χ1v) is 13.2. The average Bonchev–Trinajstić information content (AvgIpc) is 3.17. The number of ether oxygens (including phenoxy) is 2. The highest BCUT2D eigenvalue weighted by Gasteiger charge is 2.48. The summed E-state index contributed by atoms with van der Waals surface area (Å²) in [5.74, 6) is -2.21. The highest BCUT2D eigenvalue weighted by molar-refractivity contribution is 5.89. The van der Waals surface area contributed by atoms with Crippen LogP contribution in [0.2, 0.25) is 0 Å². The fraction of sp³-hybridized carbons (Fsp3) is 0.407. The van der Waals surface area contributed by atoms with E-state index in [1.165, 1.54) is 0 Å². The van der Waals surface area contributed by atoms with Crippen LogP contribution < -0.4 is 21.3 Å². The quantitative estimate of drug-likeness (QED) is 0.226. The van der Waals surface area contributed by atoms with Crippen LogP contribution in [-0.2, 0) is 30.5 Å². The van der Waals surface area contributed by atoms with Crippen LogP contribution in [0.1, 0.15) is 24.8 Å². The van der Waals surface area contributed by atoms with Gasteiger partial charge in [0.1, 0.15) is 25.2 Å². The number of carbonyl (C=O) groups is 4. The van der Waals surface area contributed by atoms with Gasteiger partial charge in [-0.2, -0.15) is 5.01 Å². The van der Waals surface area contributed by atoms with Crippen molar-refractivity contribution < 1.29 is 33.4 Å². The minimum Gasteiger partial charge on any atom is -0.604 e. The van der Waals surface area contributed by atoms with E-state index in [0.717, 1.165) is 10.6 Å². The molecule has 13 nitrogen and oxygen atoms in total. The zero-order valence-corrected chi connectivity index (χ0v) is 21.8. The molecule has 0 aromatic heterocycles. The van der Waals surface area contributed by atoms with Crippen molar-refractivity contribution in [1.82, 2.24) is 21.0 Å². The van der Waals surface area contributed by atoms with Crippen LogP contribution in [0.4, 0.5) is 10.5 Å². The van der Waals surface area contributed by atoms with Gasteiger partial charge in [-0.1, -0.05) is 48.5 Å². The summed E-state index contributed by atoms with van der Waals surface area (Å²) in [4.78, 5) is 50.8. The molecule has 3 saturated heterocycles. The maximum Gasteiger partial charge on any atom is 0.323 e. The summed E-state index contributed by atoms with van der Waals surface area (Å²) < 4.78 is 9.83. The van der Waals surface area contributed by atoms with Gasteiger partial charge in [-0.25, -0.2) is 9.55 Å². The number of hydroxylamine groups is 2. The van der Waals surface area contributed by atoms with E-state index >= 15 is 0 Å². The predicted molar refractivity (Wildman–Crippen MR) is 141 cm³/mol. The maximum absolute atomic E-state index is 14.3. The third-order valence-electron chi connectivity index (χ3n) is 7.20. The number of benzene rings is 2. The van der Waals surface area contributed by atoms with Gasteiger partial charge in [0.2, 0.25) is 12.2 Å². The van der Waals surface area contributed by atoms with E-state index in [1.54, 1.807) is 24.3 Å². The first-order valence-electron chi connectivity index (χ1n) is 13.2. The van der Waals surface area contributed by atoms with Crippen molar-refractivity contribution in [2.75, 3.05) is 25.1 Å². The van der Waals surface area contributed by atoms with Gasteiger partial charge in [0.15, 0.2) is 6.17 Å². The van der Waals surface area contributed by atoms with E-state index in [9.17, 15) is 24.4 Å². The van der Waals surface area contributed by atoms with Crippen LogP contribution >= 0.6 is 0 Å². The normalized spacial score (nSPS) is 28.2. The van der Waals surface area contributed by atoms with Crippen molar-refractivity contribution in [3.05, 3.63) is 71.4 Å². The van der Waals surface area contributed by atoms with Crippen molar-refractivity contribution in [2.45, 2.75) is 44.4 Å². The van der Waals surface area contributed by atoms with Crippen LogP contribution in [0.5, 0.6) is 0 Å². The molecule has 13 heteroatoms. The summed E-state index contributed by atoms with van der Waals surface area (Å²) in [7, 11) is 0. The molecular weight excluding hydrogens is 520 g/mol. The Morgan fingerprint density at radius 2 is 1.80 bits per heavy atom. The van der Waals surface area contributed by atoms with E-state index in [1.807, 2.05) is 36.4 Å². The molecule has 3 heterocycles. The number of hydrogen-bond donors (Lipinski definition) is 4. The number of anilines is 1. The molecule has 3 aliphatic heterocycles. The standard InChI is InChI=1S/C27H32N6O7/c34-23-12-11-22(31-27(37)29-20-9-5-2-6-10-20)33(38)15-19(14-28-17-32(23)33)25(36)30-21-13-24(35)40-26(21)39-16-18-7-3-1-4-8-18/h1-10,19,21-22,26,28H,11-17H2,(H,30,36)(H2,29,31,37). The number of fused-ring (bicyclic) bond motifs is 1. The lowest BCUT2D eigenvalue weighted by atomic mass is 10.1. The van der Waals surface area contributed by atoms with E-state index in [4.69, 9.17) is 9.47 Å². The number of para-hydroxylation sites is 1. The molecule has 40 heavy (non-hydrogen) atoms. The Labute approximate surface area is 230 Å². The Bertz CT molecular complexity index is 1230. The molecule has 2 aromatic carbocycles. The highest BCUT2D eigenvalue weighted by Crippen LogP contribution is 2.29. The number of hydrogen-bond acceptors (Lipinski definition) is 8. The van der Waals surface area contributed by atoms with Crippen LogP contribution in [0.15, 0.2) is 60.7 Å². The van der Waals surface area contributed by atoms with Gasteiger partial charge < -0.3 is 25.3 Å². The van der Waals surface area contributed by atoms with Crippen LogP contribution in [-0.4, -0.2) is 71.8 Å². The van der Waals surface area contributed by atoms with E-state index in [0.29, 0.717) is 5.69 Å². The summed E-state index contributed by atoms with van der Waals surface area (Å²) >= 11 is 0.